The number of halogens is 2. The number of fused-ring (bicyclic) bond motifs is 1. The van der Waals surface area contributed by atoms with Gasteiger partial charge in [0.25, 0.3) is 5.91 Å². The molecule has 8 nitrogen and oxygen atoms in total. The lowest BCUT2D eigenvalue weighted by Crippen LogP contribution is -2.36. The summed E-state index contributed by atoms with van der Waals surface area (Å²) in [5.74, 6) is -1.89. The summed E-state index contributed by atoms with van der Waals surface area (Å²) >= 11 is 0. The minimum absolute atomic E-state index is 0.0547. The topological polar surface area (TPSA) is 92.6 Å². The second-order valence-electron chi connectivity index (χ2n) is 8.57. The molecule has 1 amide bonds. The van der Waals surface area contributed by atoms with Crippen LogP contribution in [0.15, 0.2) is 48.9 Å². The van der Waals surface area contributed by atoms with Crippen LogP contribution in [-0.2, 0) is 6.42 Å². The van der Waals surface area contributed by atoms with E-state index < -0.39 is 11.6 Å². The Kier molecular flexibility index (Phi) is 6.51. The highest BCUT2D eigenvalue weighted by Crippen LogP contribution is 2.31. The molecule has 2 aromatic heterocycles. The number of anilines is 2. The number of carbonyl (C=O) groups excluding carboxylic acids is 1. The van der Waals surface area contributed by atoms with Crippen molar-refractivity contribution in [3.63, 3.8) is 0 Å². The molecule has 1 fully saturated rings. The Hall–Kier alpha value is -4.05. The summed E-state index contributed by atoms with van der Waals surface area (Å²) < 4.78 is 35.5. The summed E-state index contributed by atoms with van der Waals surface area (Å²) in [7, 11) is 1.28. The van der Waals surface area contributed by atoms with E-state index in [-0.39, 0.29) is 23.3 Å². The van der Waals surface area contributed by atoms with E-state index in [9.17, 15) is 13.6 Å². The molecular weight excluding hydrogens is 466 g/mol. The molecule has 0 saturated carbocycles. The molecule has 0 aliphatic carbocycles. The number of imidazole rings is 1. The van der Waals surface area contributed by atoms with Crippen molar-refractivity contribution in [2.75, 3.05) is 25.5 Å². The van der Waals surface area contributed by atoms with Crippen LogP contribution in [-0.4, -0.2) is 46.5 Å². The zero-order valence-electron chi connectivity index (χ0n) is 19.9. The lowest BCUT2D eigenvalue weighted by molar-refractivity contribution is 0.0939. The molecular formula is C26H26F2N6O2. The van der Waals surface area contributed by atoms with Crippen LogP contribution in [0.25, 0.3) is 16.9 Å². The Balaban J connectivity index is 1.44. The molecule has 3 N–H and O–H groups in total. The van der Waals surface area contributed by atoms with Crippen LogP contribution >= 0.6 is 0 Å². The number of aromatic nitrogens is 3. The van der Waals surface area contributed by atoms with Crippen LogP contribution in [0.3, 0.4) is 0 Å². The van der Waals surface area contributed by atoms with Crippen LogP contribution in [0.1, 0.15) is 29.3 Å². The third-order valence-electron chi connectivity index (χ3n) is 6.36. The Morgan fingerprint density at radius 3 is 2.83 bits per heavy atom. The highest BCUT2D eigenvalue weighted by atomic mass is 19.2. The molecule has 1 saturated heterocycles. The van der Waals surface area contributed by atoms with E-state index in [0.29, 0.717) is 29.1 Å². The Labute approximate surface area is 206 Å². The lowest BCUT2D eigenvalue weighted by Gasteiger charge is -2.15. The van der Waals surface area contributed by atoms with Gasteiger partial charge in [-0.25, -0.2) is 14.4 Å². The second kappa shape index (κ2) is 9.90. The fourth-order valence-corrected chi connectivity index (χ4v) is 4.46. The molecule has 0 radical (unpaired) electrons. The highest BCUT2D eigenvalue weighted by molar-refractivity contribution is 5.96. The minimum atomic E-state index is -1.06. The third kappa shape index (κ3) is 4.35. The SMILES string of the molecule is CCc1cc(Nc2nccn3c(-c4ccc(OC)c(F)c4F)cnc23)ccc1C(=O)N[C@@H]1CCNC1. The standard InChI is InChI=1S/C26H26F2N6O2/c1-3-15-12-16(4-5-18(15)26(35)33-17-8-9-29-13-17)32-24-25-31-14-20(34(25)11-10-30-24)19-6-7-21(36-2)23(28)22(19)27/h4-7,10-12,14,17,29H,3,8-9,13H2,1-2H3,(H,30,32)(H,33,35)/t17-/m1/s1. The van der Waals surface area contributed by atoms with E-state index in [1.54, 1.807) is 22.9 Å². The summed E-state index contributed by atoms with van der Waals surface area (Å²) in [6, 6.07) is 8.49. The fourth-order valence-electron chi connectivity index (χ4n) is 4.46. The Bertz CT molecular complexity index is 1430. The molecule has 1 atom stereocenters. The molecule has 1 aliphatic heterocycles. The number of amides is 1. The zero-order valence-corrected chi connectivity index (χ0v) is 19.9. The summed E-state index contributed by atoms with van der Waals surface area (Å²) in [6.45, 7) is 3.68. The number of nitrogens with zero attached hydrogens (tertiary/aromatic N) is 3. The molecule has 36 heavy (non-hydrogen) atoms. The normalized spacial score (nSPS) is 15.3. The summed E-state index contributed by atoms with van der Waals surface area (Å²) in [5, 5.41) is 9.58. The van der Waals surface area contributed by atoms with Gasteiger partial charge in [-0.2, -0.15) is 4.39 Å². The van der Waals surface area contributed by atoms with Crippen molar-refractivity contribution in [2.45, 2.75) is 25.8 Å². The molecule has 3 heterocycles. The van der Waals surface area contributed by atoms with Crippen molar-refractivity contribution in [1.82, 2.24) is 25.0 Å². The summed E-state index contributed by atoms with van der Waals surface area (Å²) in [4.78, 5) is 21.6. The largest absolute Gasteiger partial charge is 0.494 e. The van der Waals surface area contributed by atoms with Crippen LogP contribution in [0.4, 0.5) is 20.3 Å². The lowest BCUT2D eigenvalue weighted by atomic mass is 10.0. The molecule has 2 aromatic carbocycles. The first-order valence-electron chi connectivity index (χ1n) is 11.8. The number of nitrogens with one attached hydrogen (secondary N) is 3. The average Bonchev–Trinajstić information content (AvgIpc) is 3.56. The number of methoxy groups -OCH3 is 1. The maximum atomic E-state index is 14.7. The number of benzene rings is 2. The van der Waals surface area contributed by atoms with Crippen molar-refractivity contribution in [3.8, 4) is 17.0 Å². The fraction of sp³-hybridized carbons (Fsp3) is 0.269. The predicted octanol–water partition coefficient (Wildman–Crippen LogP) is 4.08. The number of rotatable bonds is 7. The summed E-state index contributed by atoms with van der Waals surface area (Å²) in [5.41, 5.74) is 3.14. The maximum Gasteiger partial charge on any atom is 0.251 e. The van der Waals surface area contributed by atoms with Crippen molar-refractivity contribution in [1.29, 1.82) is 0 Å². The number of carbonyl (C=O) groups is 1. The Morgan fingerprint density at radius 2 is 2.08 bits per heavy atom. The van der Waals surface area contributed by atoms with E-state index in [1.165, 1.54) is 25.4 Å². The van der Waals surface area contributed by atoms with Crippen LogP contribution in [0.5, 0.6) is 5.75 Å². The average molecular weight is 493 g/mol. The smallest absolute Gasteiger partial charge is 0.251 e. The van der Waals surface area contributed by atoms with Crippen LogP contribution in [0.2, 0.25) is 0 Å². The second-order valence-corrected chi connectivity index (χ2v) is 8.57. The molecule has 5 rings (SSSR count). The van der Waals surface area contributed by atoms with Gasteiger partial charge in [0, 0.05) is 41.8 Å². The molecule has 10 heteroatoms. The molecule has 4 aromatic rings. The van der Waals surface area contributed by atoms with Gasteiger partial charge in [-0.1, -0.05) is 6.92 Å². The number of aryl methyl sites for hydroxylation is 1. The molecule has 186 valence electrons. The first kappa shape index (κ1) is 23.7. The zero-order chi connectivity index (χ0) is 25.2. The van der Waals surface area contributed by atoms with E-state index in [4.69, 9.17) is 4.74 Å². The minimum Gasteiger partial charge on any atom is -0.494 e. The molecule has 0 unspecified atom stereocenters. The van der Waals surface area contributed by atoms with Gasteiger partial charge >= 0.3 is 0 Å². The maximum absolute atomic E-state index is 14.7. The number of hydrogen-bond acceptors (Lipinski definition) is 6. The van der Waals surface area contributed by atoms with E-state index in [0.717, 1.165) is 30.8 Å². The van der Waals surface area contributed by atoms with Crippen LogP contribution < -0.4 is 20.7 Å². The van der Waals surface area contributed by atoms with Crippen molar-refractivity contribution in [3.05, 3.63) is 71.7 Å². The van der Waals surface area contributed by atoms with Gasteiger partial charge in [0.1, 0.15) is 0 Å². The van der Waals surface area contributed by atoms with Crippen molar-refractivity contribution >= 4 is 23.1 Å². The van der Waals surface area contributed by atoms with E-state index >= 15 is 0 Å². The Morgan fingerprint density at radius 1 is 1.22 bits per heavy atom. The monoisotopic (exact) mass is 492 g/mol. The first-order chi connectivity index (χ1) is 17.5. The molecule has 1 aliphatic rings. The third-order valence-corrected chi connectivity index (χ3v) is 6.36. The van der Waals surface area contributed by atoms with Crippen molar-refractivity contribution in [2.24, 2.45) is 0 Å². The number of ether oxygens (including phenoxy) is 1. The molecule has 0 bridgehead atoms. The number of hydrogen-bond donors (Lipinski definition) is 3. The van der Waals surface area contributed by atoms with Gasteiger partial charge in [0.2, 0.25) is 5.82 Å². The van der Waals surface area contributed by atoms with Gasteiger partial charge < -0.3 is 20.7 Å². The van der Waals surface area contributed by atoms with Gasteiger partial charge in [0.15, 0.2) is 23.0 Å². The highest BCUT2D eigenvalue weighted by Gasteiger charge is 2.21. The quantitative estimate of drug-likeness (QED) is 0.360. The summed E-state index contributed by atoms with van der Waals surface area (Å²) in [6.07, 6.45) is 6.25. The predicted molar refractivity (Wildman–Crippen MR) is 133 cm³/mol. The van der Waals surface area contributed by atoms with Gasteiger partial charge in [-0.05, 0) is 55.3 Å². The van der Waals surface area contributed by atoms with Crippen LogP contribution in [0, 0.1) is 11.6 Å². The van der Waals surface area contributed by atoms with E-state index in [2.05, 4.69) is 25.9 Å². The van der Waals surface area contributed by atoms with Gasteiger partial charge in [0.05, 0.1) is 19.0 Å². The molecule has 0 spiro atoms. The first-order valence-corrected chi connectivity index (χ1v) is 11.8. The van der Waals surface area contributed by atoms with E-state index in [1.807, 2.05) is 19.1 Å². The van der Waals surface area contributed by atoms with Gasteiger partial charge in [-0.15, -0.1) is 0 Å². The van der Waals surface area contributed by atoms with Gasteiger partial charge in [-0.3, -0.25) is 9.20 Å². The van der Waals surface area contributed by atoms with Crippen molar-refractivity contribution < 1.29 is 18.3 Å².